The second-order valence-corrected chi connectivity index (χ2v) is 8.61. The molecular weight excluding hydrogens is 448 g/mol. The molecule has 5 aromatic rings. The van der Waals surface area contributed by atoms with Crippen LogP contribution < -0.4 is 11.2 Å². The Morgan fingerprint density at radius 3 is 2.38 bits per heavy atom. The van der Waals surface area contributed by atoms with Gasteiger partial charge in [0.25, 0.3) is 5.56 Å². The van der Waals surface area contributed by atoms with Gasteiger partial charge in [0.1, 0.15) is 0 Å². The molecule has 3 aromatic carbocycles. The Morgan fingerprint density at radius 1 is 0.853 bits per heavy atom. The molecule has 0 saturated heterocycles. The van der Waals surface area contributed by atoms with Crippen molar-refractivity contribution in [3.63, 3.8) is 0 Å². The van der Waals surface area contributed by atoms with Crippen LogP contribution in [0.15, 0.2) is 101 Å². The number of aromatic nitrogens is 4. The molecule has 34 heavy (non-hydrogen) atoms. The molecule has 2 heterocycles. The van der Waals surface area contributed by atoms with Gasteiger partial charge in [0.05, 0.1) is 22.9 Å². The summed E-state index contributed by atoms with van der Waals surface area (Å²) in [6.07, 6.45) is 5.16. The van der Waals surface area contributed by atoms with Gasteiger partial charge in [-0.2, -0.15) is 0 Å². The summed E-state index contributed by atoms with van der Waals surface area (Å²) >= 11 is 6.00. The fraction of sp³-hybridized carbons (Fsp3) is 0.148. The number of halogens is 1. The molecule has 0 unspecified atom stereocenters. The Morgan fingerprint density at radius 2 is 1.59 bits per heavy atom. The Kier molecular flexibility index (Phi) is 6.14. The molecule has 0 aliphatic rings. The lowest BCUT2D eigenvalue weighted by Gasteiger charge is -2.14. The lowest BCUT2D eigenvalue weighted by Crippen LogP contribution is -2.39. The van der Waals surface area contributed by atoms with Crippen molar-refractivity contribution in [2.45, 2.75) is 25.9 Å². The monoisotopic (exact) mass is 470 g/mol. The third-order valence-electron chi connectivity index (χ3n) is 5.94. The lowest BCUT2D eigenvalue weighted by molar-refractivity contribution is 0.595. The Labute approximate surface area is 201 Å². The maximum absolute atomic E-state index is 13.4. The summed E-state index contributed by atoms with van der Waals surface area (Å²) in [7, 11) is 0. The predicted molar refractivity (Wildman–Crippen MR) is 135 cm³/mol. The molecular formula is C27H23ClN4O2. The number of aryl methyl sites for hydroxylation is 2. The molecule has 0 N–H and O–H groups in total. The van der Waals surface area contributed by atoms with E-state index in [1.54, 1.807) is 22.8 Å². The number of benzene rings is 3. The lowest BCUT2D eigenvalue weighted by atomic mass is 10.2. The molecule has 0 aliphatic heterocycles. The van der Waals surface area contributed by atoms with Crippen LogP contribution in [0, 0.1) is 0 Å². The fourth-order valence-corrected chi connectivity index (χ4v) is 4.37. The molecule has 2 aromatic heterocycles. The molecule has 0 atom stereocenters. The van der Waals surface area contributed by atoms with Gasteiger partial charge in [-0.3, -0.25) is 9.36 Å². The number of fused-ring (bicyclic) bond motifs is 1. The molecule has 0 fully saturated rings. The first-order valence-electron chi connectivity index (χ1n) is 11.2. The number of hydrogen-bond donors (Lipinski definition) is 0. The highest BCUT2D eigenvalue weighted by Crippen LogP contribution is 2.14. The number of hydrogen-bond acceptors (Lipinski definition) is 3. The first-order valence-corrected chi connectivity index (χ1v) is 11.5. The summed E-state index contributed by atoms with van der Waals surface area (Å²) < 4.78 is 5.06. The van der Waals surface area contributed by atoms with Crippen LogP contribution in [0.5, 0.6) is 0 Å². The highest BCUT2D eigenvalue weighted by molar-refractivity contribution is 6.30. The molecule has 0 bridgehead atoms. The van der Waals surface area contributed by atoms with E-state index in [0.29, 0.717) is 34.7 Å². The van der Waals surface area contributed by atoms with Gasteiger partial charge >= 0.3 is 5.69 Å². The van der Waals surface area contributed by atoms with E-state index in [1.807, 2.05) is 73.2 Å². The van der Waals surface area contributed by atoms with Crippen molar-refractivity contribution >= 4 is 22.5 Å². The van der Waals surface area contributed by atoms with Gasteiger partial charge in [-0.15, -0.1) is 0 Å². The van der Waals surface area contributed by atoms with E-state index in [2.05, 4.69) is 9.55 Å². The summed E-state index contributed by atoms with van der Waals surface area (Å²) in [6.45, 7) is 1.19. The Balaban J connectivity index is 1.43. The molecule has 0 spiro atoms. The maximum atomic E-state index is 13.4. The average molecular weight is 471 g/mol. The predicted octanol–water partition coefficient (Wildman–Crippen LogP) is 4.68. The topological polar surface area (TPSA) is 61.8 Å². The van der Waals surface area contributed by atoms with Gasteiger partial charge in [-0.05, 0) is 54.8 Å². The zero-order chi connectivity index (χ0) is 23.5. The third kappa shape index (κ3) is 4.32. The van der Waals surface area contributed by atoms with Gasteiger partial charge < -0.3 is 4.57 Å². The van der Waals surface area contributed by atoms with Gasteiger partial charge in [-0.1, -0.05) is 54.1 Å². The molecule has 5 rings (SSSR count). The van der Waals surface area contributed by atoms with Crippen LogP contribution >= 0.6 is 11.6 Å². The van der Waals surface area contributed by atoms with Crippen molar-refractivity contribution < 1.29 is 0 Å². The van der Waals surface area contributed by atoms with Gasteiger partial charge in [-0.25, -0.2) is 14.3 Å². The summed E-state index contributed by atoms with van der Waals surface area (Å²) in [6, 6.07) is 24.1. The maximum Gasteiger partial charge on any atom is 0.336 e. The van der Waals surface area contributed by atoms with Crippen molar-refractivity contribution in [1.29, 1.82) is 0 Å². The second-order valence-electron chi connectivity index (χ2n) is 8.17. The van der Waals surface area contributed by atoms with E-state index < -0.39 is 0 Å². The molecule has 170 valence electrons. The first kappa shape index (κ1) is 21.9. The van der Waals surface area contributed by atoms with Crippen molar-refractivity contribution in [3.05, 3.63) is 129 Å². The largest absolute Gasteiger partial charge is 0.336 e. The standard InChI is InChI=1S/C27H23ClN4O2/c28-21-14-12-20(13-15-21)18-30-19-29-17-23(30)9-6-16-31-25-11-5-4-10-24(25)26(33)32(27(31)34)22-7-2-1-3-8-22/h1-5,7-8,10-15,17,19H,6,9,16,18H2. The zero-order valence-corrected chi connectivity index (χ0v) is 19.2. The van der Waals surface area contributed by atoms with E-state index in [9.17, 15) is 9.59 Å². The van der Waals surface area contributed by atoms with Crippen LogP contribution in [0.4, 0.5) is 0 Å². The van der Waals surface area contributed by atoms with Gasteiger partial charge in [0.15, 0.2) is 0 Å². The normalized spacial score (nSPS) is 11.2. The smallest absolute Gasteiger partial charge is 0.330 e. The molecule has 7 heteroatoms. The van der Waals surface area contributed by atoms with E-state index >= 15 is 0 Å². The van der Waals surface area contributed by atoms with E-state index in [0.717, 1.165) is 24.1 Å². The van der Waals surface area contributed by atoms with Crippen LogP contribution in [0.2, 0.25) is 5.02 Å². The van der Waals surface area contributed by atoms with Gasteiger partial charge in [0, 0.05) is 30.0 Å². The van der Waals surface area contributed by atoms with Crippen LogP contribution in [-0.2, 0) is 19.5 Å². The SMILES string of the molecule is O=c1c2ccccc2n(CCCc2cncn2Cc2ccc(Cl)cc2)c(=O)n1-c1ccccc1. The molecule has 0 amide bonds. The van der Waals surface area contributed by atoms with Crippen molar-refractivity contribution in [2.75, 3.05) is 0 Å². The summed E-state index contributed by atoms with van der Waals surface area (Å²) in [4.78, 5) is 30.9. The minimum Gasteiger partial charge on any atom is -0.330 e. The highest BCUT2D eigenvalue weighted by atomic mass is 35.5. The Bertz CT molecular complexity index is 1550. The fourth-order valence-electron chi connectivity index (χ4n) is 4.25. The van der Waals surface area contributed by atoms with E-state index in [4.69, 9.17) is 11.6 Å². The van der Waals surface area contributed by atoms with E-state index in [-0.39, 0.29) is 11.2 Å². The molecule has 0 aliphatic carbocycles. The Hall–Kier alpha value is -3.90. The third-order valence-corrected chi connectivity index (χ3v) is 6.20. The first-order chi connectivity index (χ1) is 16.6. The second kappa shape index (κ2) is 9.53. The number of rotatable bonds is 7. The van der Waals surface area contributed by atoms with Gasteiger partial charge in [0.2, 0.25) is 0 Å². The highest BCUT2D eigenvalue weighted by Gasteiger charge is 2.14. The summed E-state index contributed by atoms with van der Waals surface area (Å²) in [5, 5.41) is 1.24. The summed E-state index contributed by atoms with van der Waals surface area (Å²) in [5.74, 6) is 0. The number of para-hydroxylation sites is 2. The number of nitrogens with zero attached hydrogens (tertiary/aromatic N) is 4. The van der Waals surface area contributed by atoms with Crippen molar-refractivity contribution in [1.82, 2.24) is 18.7 Å². The quantitative estimate of drug-likeness (QED) is 0.347. The van der Waals surface area contributed by atoms with E-state index in [1.165, 1.54) is 4.57 Å². The van der Waals surface area contributed by atoms with Crippen molar-refractivity contribution in [3.8, 4) is 5.69 Å². The number of imidazole rings is 1. The van der Waals surface area contributed by atoms with Crippen molar-refractivity contribution in [2.24, 2.45) is 0 Å². The van der Waals surface area contributed by atoms with Crippen LogP contribution in [0.1, 0.15) is 17.7 Å². The zero-order valence-electron chi connectivity index (χ0n) is 18.5. The van der Waals surface area contributed by atoms with Crippen LogP contribution in [-0.4, -0.2) is 18.7 Å². The molecule has 0 radical (unpaired) electrons. The summed E-state index contributed by atoms with van der Waals surface area (Å²) in [5.41, 5.74) is 2.82. The average Bonchev–Trinajstić information content (AvgIpc) is 3.30. The molecule has 0 saturated carbocycles. The molecule has 6 nitrogen and oxygen atoms in total. The minimum absolute atomic E-state index is 0.302. The van der Waals surface area contributed by atoms with Crippen LogP contribution in [0.3, 0.4) is 0 Å². The van der Waals surface area contributed by atoms with Crippen LogP contribution in [0.25, 0.3) is 16.6 Å². The minimum atomic E-state index is -0.329.